The van der Waals surface area contributed by atoms with E-state index in [2.05, 4.69) is 17.1 Å². The van der Waals surface area contributed by atoms with Gasteiger partial charge in [-0.3, -0.25) is 4.79 Å². The highest BCUT2D eigenvalue weighted by atomic mass is 32.2. The van der Waals surface area contributed by atoms with Crippen LogP contribution < -0.4 is 0 Å². The number of carbonyl (C=O) groups is 1. The number of hydrogen-bond donors (Lipinski definition) is 0. The molecule has 3 rings (SSSR count). The van der Waals surface area contributed by atoms with Gasteiger partial charge in [0.25, 0.3) is 0 Å². The maximum Gasteiger partial charge on any atom is 0.244 e. The van der Waals surface area contributed by atoms with Crippen molar-refractivity contribution in [3.05, 3.63) is 77.9 Å². The van der Waals surface area contributed by atoms with Crippen molar-refractivity contribution in [1.82, 2.24) is 0 Å². The van der Waals surface area contributed by atoms with E-state index in [4.69, 9.17) is 4.42 Å². The lowest BCUT2D eigenvalue weighted by molar-refractivity contribution is -0.107. The normalized spacial score (nSPS) is 16.6. The summed E-state index contributed by atoms with van der Waals surface area (Å²) in [5.74, 6) is 1.56. The van der Waals surface area contributed by atoms with E-state index in [-0.39, 0.29) is 5.12 Å². The molecule has 0 fully saturated rings. The van der Waals surface area contributed by atoms with Crippen LogP contribution in [-0.2, 0) is 10.5 Å². The second-order valence-corrected chi connectivity index (χ2v) is 6.65. The molecule has 1 aromatic heterocycles. The van der Waals surface area contributed by atoms with Crippen LogP contribution in [0.5, 0.6) is 0 Å². The molecule has 3 nitrogen and oxygen atoms in total. The lowest BCUT2D eigenvalue weighted by Crippen LogP contribution is -1.87. The second-order valence-electron chi connectivity index (χ2n) is 4.47. The van der Waals surface area contributed by atoms with E-state index in [9.17, 15) is 4.79 Å². The zero-order valence-corrected chi connectivity index (χ0v) is 13.3. The number of benzene rings is 1. The Bertz CT molecular complexity index is 731. The molecule has 0 amide bonds. The van der Waals surface area contributed by atoms with Crippen LogP contribution in [0.2, 0.25) is 0 Å². The average molecular weight is 327 g/mol. The van der Waals surface area contributed by atoms with Gasteiger partial charge in [-0.15, -0.1) is 0 Å². The third-order valence-corrected chi connectivity index (χ3v) is 4.94. The summed E-state index contributed by atoms with van der Waals surface area (Å²) < 4.78 is 5.99. The van der Waals surface area contributed by atoms with Gasteiger partial charge in [0, 0.05) is 5.75 Å². The van der Waals surface area contributed by atoms with E-state index in [1.165, 1.54) is 17.3 Å². The molecule has 1 aliphatic rings. The lowest BCUT2D eigenvalue weighted by Gasteiger charge is -1.98. The van der Waals surface area contributed by atoms with Gasteiger partial charge in [0.1, 0.15) is 15.8 Å². The third-order valence-electron chi connectivity index (χ3n) is 2.86. The smallest absolute Gasteiger partial charge is 0.244 e. The standard InChI is InChI=1S/C17H13NO2S2/c19-16-15(10-4-8-14-9-5-11-20-14)18-17(22-16)21-12-13-6-2-1-3-7-13/h1-11H,12H2. The fourth-order valence-corrected chi connectivity index (χ4v) is 3.61. The summed E-state index contributed by atoms with van der Waals surface area (Å²) in [4.78, 5) is 16.3. The molecule has 5 heteroatoms. The summed E-state index contributed by atoms with van der Waals surface area (Å²) in [7, 11) is 0. The maximum absolute atomic E-state index is 11.9. The summed E-state index contributed by atoms with van der Waals surface area (Å²) >= 11 is 2.77. The van der Waals surface area contributed by atoms with Crippen LogP contribution in [0.1, 0.15) is 11.3 Å². The van der Waals surface area contributed by atoms with Crippen LogP contribution in [0.3, 0.4) is 0 Å². The molecule has 0 atom stereocenters. The summed E-state index contributed by atoms with van der Waals surface area (Å²) in [6.07, 6.45) is 6.91. The molecule has 0 aliphatic carbocycles. The van der Waals surface area contributed by atoms with Gasteiger partial charge >= 0.3 is 0 Å². The Balaban J connectivity index is 1.61. The Morgan fingerprint density at radius 2 is 2.05 bits per heavy atom. The van der Waals surface area contributed by atoms with Crippen molar-refractivity contribution in [2.75, 3.05) is 0 Å². The highest BCUT2D eigenvalue weighted by Crippen LogP contribution is 2.31. The quantitative estimate of drug-likeness (QED) is 0.761. The van der Waals surface area contributed by atoms with Gasteiger partial charge in [0.15, 0.2) is 0 Å². The van der Waals surface area contributed by atoms with Crippen molar-refractivity contribution in [3.63, 3.8) is 0 Å². The van der Waals surface area contributed by atoms with Crippen molar-refractivity contribution in [2.24, 2.45) is 4.99 Å². The van der Waals surface area contributed by atoms with Gasteiger partial charge in [0.05, 0.1) is 6.26 Å². The molecule has 0 saturated heterocycles. The zero-order valence-electron chi connectivity index (χ0n) is 11.6. The molecule has 22 heavy (non-hydrogen) atoms. The van der Waals surface area contributed by atoms with Crippen LogP contribution in [0, 0.1) is 0 Å². The SMILES string of the molecule is O=C1SC(SCc2ccccc2)=NC1=CC=Cc1ccco1. The molecule has 1 aliphatic heterocycles. The molecule has 2 heterocycles. The van der Waals surface area contributed by atoms with Gasteiger partial charge in [-0.25, -0.2) is 4.99 Å². The highest BCUT2D eigenvalue weighted by molar-refractivity contribution is 8.45. The molecule has 0 spiro atoms. The lowest BCUT2D eigenvalue weighted by atomic mass is 10.2. The van der Waals surface area contributed by atoms with E-state index in [1.54, 1.807) is 36.3 Å². The molecule has 0 saturated carbocycles. The van der Waals surface area contributed by atoms with Gasteiger partial charge < -0.3 is 4.42 Å². The van der Waals surface area contributed by atoms with Crippen LogP contribution >= 0.6 is 23.5 Å². The largest absolute Gasteiger partial charge is 0.465 e. The number of carbonyl (C=O) groups excluding carboxylic acids is 1. The van der Waals surface area contributed by atoms with Crippen molar-refractivity contribution in [3.8, 4) is 0 Å². The summed E-state index contributed by atoms with van der Waals surface area (Å²) in [6, 6.07) is 13.8. The molecular formula is C17H13NO2S2. The first-order chi connectivity index (χ1) is 10.8. The van der Waals surface area contributed by atoms with E-state index in [0.717, 1.165) is 15.9 Å². The van der Waals surface area contributed by atoms with Gasteiger partial charge in [-0.05, 0) is 41.6 Å². The van der Waals surface area contributed by atoms with Gasteiger partial charge in [-0.2, -0.15) is 0 Å². The predicted molar refractivity (Wildman–Crippen MR) is 93.6 cm³/mol. The molecule has 110 valence electrons. The summed E-state index contributed by atoms with van der Waals surface area (Å²) in [6.45, 7) is 0. The molecule has 0 N–H and O–H groups in total. The van der Waals surface area contributed by atoms with Crippen LogP contribution in [0.25, 0.3) is 6.08 Å². The molecular weight excluding hydrogens is 314 g/mol. The molecule has 1 aromatic carbocycles. The number of nitrogens with zero attached hydrogens (tertiary/aromatic N) is 1. The van der Waals surface area contributed by atoms with E-state index < -0.39 is 0 Å². The van der Waals surface area contributed by atoms with E-state index in [0.29, 0.717) is 5.70 Å². The first kappa shape index (κ1) is 14.9. The molecule has 0 unspecified atom stereocenters. The molecule has 2 aromatic rings. The number of thioether (sulfide) groups is 2. The van der Waals surface area contributed by atoms with E-state index >= 15 is 0 Å². The third kappa shape index (κ3) is 4.02. The first-order valence-corrected chi connectivity index (χ1v) is 8.51. The van der Waals surface area contributed by atoms with Gasteiger partial charge in [0.2, 0.25) is 5.12 Å². The van der Waals surface area contributed by atoms with Crippen LogP contribution in [0.4, 0.5) is 0 Å². The highest BCUT2D eigenvalue weighted by Gasteiger charge is 2.21. The van der Waals surface area contributed by atoms with Crippen LogP contribution in [0.15, 0.2) is 76.0 Å². The Morgan fingerprint density at radius 1 is 1.18 bits per heavy atom. The number of furan rings is 1. The predicted octanol–water partition coefficient (Wildman–Crippen LogP) is 4.74. The summed E-state index contributed by atoms with van der Waals surface area (Å²) in [5, 5.41) is -0.0142. The second kappa shape index (κ2) is 7.33. The molecule has 0 bridgehead atoms. The Morgan fingerprint density at radius 3 is 2.82 bits per heavy atom. The Kier molecular flexibility index (Phi) is 4.98. The zero-order chi connectivity index (χ0) is 15.2. The minimum absolute atomic E-state index is 0.0142. The van der Waals surface area contributed by atoms with E-state index in [1.807, 2.05) is 30.3 Å². The molecule has 0 radical (unpaired) electrons. The van der Waals surface area contributed by atoms with Crippen molar-refractivity contribution in [1.29, 1.82) is 0 Å². The Hall–Kier alpha value is -1.98. The summed E-state index contributed by atoms with van der Waals surface area (Å²) in [5.41, 5.74) is 1.70. The van der Waals surface area contributed by atoms with Crippen molar-refractivity contribution >= 4 is 39.1 Å². The maximum atomic E-state index is 11.9. The van der Waals surface area contributed by atoms with Crippen molar-refractivity contribution < 1.29 is 9.21 Å². The number of rotatable bonds is 4. The first-order valence-electron chi connectivity index (χ1n) is 6.71. The average Bonchev–Trinajstić information content (AvgIpc) is 3.17. The van der Waals surface area contributed by atoms with Crippen LogP contribution in [-0.4, -0.2) is 9.49 Å². The monoisotopic (exact) mass is 327 g/mol. The minimum atomic E-state index is -0.0142. The topological polar surface area (TPSA) is 42.6 Å². The Labute approximate surface area is 137 Å². The fourth-order valence-electron chi connectivity index (χ4n) is 1.80. The number of allylic oxidation sites excluding steroid dienone is 2. The fraction of sp³-hybridized carbons (Fsp3) is 0.0588. The van der Waals surface area contributed by atoms with Gasteiger partial charge in [-0.1, -0.05) is 48.2 Å². The van der Waals surface area contributed by atoms with Crippen molar-refractivity contribution in [2.45, 2.75) is 5.75 Å². The minimum Gasteiger partial charge on any atom is -0.465 e. The number of hydrogen-bond acceptors (Lipinski definition) is 5. The number of aliphatic imine (C=N–C) groups is 1.